The van der Waals surface area contributed by atoms with Crippen LogP contribution in [0.5, 0.6) is 5.75 Å². The van der Waals surface area contributed by atoms with E-state index in [9.17, 15) is 24.1 Å². The summed E-state index contributed by atoms with van der Waals surface area (Å²) in [5.74, 6) is -2.46. The number of benzene rings is 2. The van der Waals surface area contributed by atoms with E-state index in [1.54, 1.807) is 13.0 Å². The summed E-state index contributed by atoms with van der Waals surface area (Å²) >= 11 is 0. The van der Waals surface area contributed by atoms with Crippen LogP contribution in [0.2, 0.25) is 0 Å². The Labute approximate surface area is 147 Å². The number of carbonyl (C=O) groups excluding carboxylic acids is 2. The van der Waals surface area contributed by atoms with Gasteiger partial charge in [-0.15, -0.1) is 0 Å². The fourth-order valence-corrected chi connectivity index (χ4v) is 2.14. The number of ether oxygens (including phenoxy) is 2. The van der Waals surface area contributed by atoms with Gasteiger partial charge in [-0.3, -0.25) is 14.9 Å². The molecule has 2 rings (SSSR count). The summed E-state index contributed by atoms with van der Waals surface area (Å²) in [6.45, 7) is 0.858. The minimum absolute atomic E-state index is 0.00850. The Morgan fingerprint density at radius 2 is 2.00 bits per heavy atom. The van der Waals surface area contributed by atoms with Crippen LogP contribution in [0.15, 0.2) is 36.4 Å². The van der Waals surface area contributed by atoms with Crippen LogP contribution in [-0.4, -0.2) is 30.5 Å². The highest BCUT2D eigenvalue weighted by atomic mass is 19.1. The zero-order chi connectivity index (χ0) is 19.3. The van der Waals surface area contributed by atoms with Crippen molar-refractivity contribution < 1.29 is 28.4 Å². The van der Waals surface area contributed by atoms with Gasteiger partial charge >= 0.3 is 5.97 Å². The molecule has 0 aliphatic rings. The molecule has 0 saturated carbocycles. The highest BCUT2D eigenvalue weighted by Gasteiger charge is 2.20. The van der Waals surface area contributed by atoms with Crippen molar-refractivity contribution in [3.05, 3.63) is 63.5 Å². The fraction of sp³-hybridized carbons (Fsp3) is 0.176. The van der Waals surface area contributed by atoms with Gasteiger partial charge in [0.1, 0.15) is 17.3 Å². The number of rotatable bonds is 6. The van der Waals surface area contributed by atoms with Gasteiger partial charge in [0.2, 0.25) is 0 Å². The summed E-state index contributed by atoms with van der Waals surface area (Å²) in [5, 5.41) is 13.3. The Kier molecular flexibility index (Phi) is 5.84. The normalized spacial score (nSPS) is 10.1. The lowest BCUT2D eigenvalue weighted by atomic mass is 10.1. The number of methoxy groups -OCH3 is 1. The molecular formula is C17H15FN2O6. The molecule has 136 valence electrons. The van der Waals surface area contributed by atoms with Crippen LogP contribution < -0.4 is 10.1 Å². The van der Waals surface area contributed by atoms with Crippen molar-refractivity contribution in [2.45, 2.75) is 6.92 Å². The first-order valence-corrected chi connectivity index (χ1v) is 7.38. The second kappa shape index (κ2) is 8.06. The molecule has 0 aliphatic heterocycles. The summed E-state index contributed by atoms with van der Waals surface area (Å²) in [5.41, 5.74) is -0.166. The van der Waals surface area contributed by atoms with Gasteiger partial charge in [0.25, 0.3) is 11.6 Å². The van der Waals surface area contributed by atoms with Crippen LogP contribution in [0, 0.1) is 22.9 Å². The van der Waals surface area contributed by atoms with E-state index in [1.165, 1.54) is 31.4 Å². The third kappa shape index (κ3) is 4.32. The van der Waals surface area contributed by atoms with Crippen LogP contribution in [0.1, 0.15) is 15.9 Å². The first-order valence-electron chi connectivity index (χ1n) is 7.38. The van der Waals surface area contributed by atoms with Gasteiger partial charge < -0.3 is 14.8 Å². The third-order valence-electron chi connectivity index (χ3n) is 3.44. The highest BCUT2D eigenvalue weighted by molar-refractivity contribution is 5.97. The molecule has 1 amide bonds. The molecule has 0 atom stereocenters. The van der Waals surface area contributed by atoms with Crippen LogP contribution >= 0.6 is 0 Å². The van der Waals surface area contributed by atoms with Crippen molar-refractivity contribution in [1.82, 2.24) is 0 Å². The van der Waals surface area contributed by atoms with E-state index in [1.807, 2.05) is 0 Å². The first kappa shape index (κ1) is 18.8. The molecule has 0 saturated heterocycles. The first-order chi connectivity index (χ1) is 12.3. The van der Waals surface area contributed by atoms with E-state index in [-0.39, 0.29) is 22.7 Å². The molecule has 2 aromatic rings. The zero-order valence-corrected chi connectivity index (χ0v) is 13.9. The van der Waals surface area contributed by atoms with Gasteiger partial charge in [0.15, 0.2) is 6.61 Å². The number of para-hydroxylation sites is 1. The van der Waals surface area contributed by atoms with Gasteiger partial charge in [0.05, 0.1) is 17.6 Å². The zero-order valence-electron chi connectivity index (χ0n) is 13.9. The molecule has 1 N–H and O–H groups in total. The van der Waals surface area contributed by atoms with Crippen molar-refractivity contribution in [2.24, 2.45) is 0 Å². The van der Waals surface area contributed by atoms with Gasteiger partial charge in [0, 0.05) is 12.1 Å². The number of esters is 1. The second-order valence-electron chi connectivity index (χ2n) is 5.20. The van der Waals surface area contributed by atoms with Crippen LogP contribution in [0.4, 0.5) is 15.8 Å². The number of nitrogens with zero attached hydrogens (tertiary/aromatic N) is 1. The molecule has 0 spiro atoms. The van der Waals surface area contributed by atoms with Gasteiger partial charge in [-0.25, -0.2) is 9.18 Å². The lowest BCUT2D eigenvalue weighted by Gasteiger charge is -2.10. The van der Waals surface area contributed by atoms with E-state index >= 15 is 0 Å². The van der Waals surface area contributed by atoms with E-state index in [2.05, 4.69) is 5.32 Å². The Balaban J connectivity index is 2.04. The van der Waals surface area contributed by atoms with E-state index in [0.717, 1.165) is 6.07 Å². The number of anilines is 1. The molecule has 8 nitrogen and oxygen atoms in total. The number of nitrogens with one attached hydrogen (secondary N) is 1. The number of carbonyl (C=O) groups is 2. The molecular weight excluding hydrogens is 347 g/mol. The molecule has 2 aromatic carbocycles. The van der Waals surface area contributed by atoms with Crippen LogP contribution in [0.25, 0.3) is 0 Å². The minimum atomic E-state index is -1.04. The highest BCUT2D eigenvalue weighted by Crippen LogP contribution is 2.27. The molecule has 0 unspecified atom stereocenters. The summed E-state index contributed by atoms with van der Waals surface area (Å²) in [4.78, 5) is 34.2. The number of nitro groups is 1. The Hall–Kier alpha value is -3.49. The van der Waals surface area contributed by atoms with Crippen molar-refractivity contribution >= 4 is 23.3 Å². The number of hydrogen-bond acceptors (Lipinski definition) is 6. The average Bonchev–Trinajstić information content (AvgIpc) is 2.61. The second-order valence-corrected chi connectivity index (χ2v) is 5.20. The number of amides is 1. The molecule has 0 radical (unpaired) electrons. The van der Waals surface area contributed by atoms with E-state index < -0.39 is 29.2 Å². The Morgan fingerprint density at radius 1 is 1.27 bits per heavy atom. The maximum Gasteiger partial charge on any atom is 0.341 e. The number of hydrogen-bond donors (Lipinski definition) is 1. The topological polar surface area (TPSA) is 108 Å². The Bertz CT molecular complexity index is 868. The van der Waals surface area contributed by atoms with Crippen molar-refractivity contribution in [2.75, 3.05) is 19.0 Å². The number of halogens is 1. The maximum absolute atomic E-state index is 13.8. The molecule has 26 heavy (non-hydrogen) atoms. The van der Waals surface area contributed by atoms with Gasteiger partial charge in [-0.05, 0) is 24.6 Å². The summed E-state index contributed by atoms with van der Waals surface area (Å²) in [6.07, 6.45) is 0. The molecule has 0 aliphatic carbocycles. The molecule has 0 aromatic heterocycles. The fourth-order valence-electron chi connectivity index (χ4n) is 2.14. The standard InChI is InChI=1S/C17H15FN2O6/c1-10-4-3-5-14(20(23)24)16(10)19-15(21)9-26-17(22)12-7-6-11(25-2)8-13(12)18/h3-8H,9H2,1-2H3,(H,19,21). The van der Waals surface area contributed by atoms with Crippen molar-refractivity contribution in [3.8, 4) is 5.75 Å². The predicted molar refractivity (Wildman–Crippen MR) is 89.7 cm³/mol. The molecule has 9 heteroatoms. The van der Waals surface area contributed by atoms with Crippen molar-refractivity contribution in [3.63, 3.8) is 0 Å². The molecule has 0 fully saturated rings. The summed E-state index contributed by atoms with van der Waals surface area (Å²) < 4.78 is 23.4. The number of aryl methyl sites for hydroxylation is 1. The maximum atomic E-state index is 13.8. The largest absolute Gasteiger partial charge is 0.497 e. The third-order valence-corrected chi connectivity index (χ3v) is 3.44. The quantitative estimate of drug-likeness (QED) is 0.481. The van der Waals surface area contributed by atoms with Crippen LogP contribution in [-0.2, 0) is 9.53 Å². The van der Waals surface area contributed by atoms with Gasteiger partial charge in [-0.1, -0.05) is 12.1 Å². The van der Waals surface area contributed by atoms with Crippen LogP contribution in [0.3, 0.4) is 0 Å². The monoisotopic (exact) mass is 362 g/mol. The SMILES string of the molecule is COc1ccc(C(=O)OCC(=O)Nc2c(C)cccc2[N+](=O)[O-])c(F)c1. The van der Waals surface area contributed by atoms with E-state index in [4.69, 9.17) is 9.47 Å². The van der Waals surface area contributed by atoms with Gasteiger partial charge in [-0.2, -0.15) is 0 Å². The number of nitro benzene ring substituents is 1. The predicted octanol–water partition coefficient (Wildman–Crippen LogP) is 2.85. The van der Waals surface area contributed by atoms with Crippen molar-refractivity contribution in [1.29, 1.82) is 0 Å². The Morgan fingerprint density at radius 3 is 2.62 bits per heavy atom. The van der Waals surface area contributed by atoms with E-state index in [0.29, 0.717) is 5.56 Å². The lowest BCUT2D eigenvalue weighted by Crippen LogP contribution is -2.22. The summed E-state index contributed by atoms with van der Waals surface area (Å²) in [7, 11) is 1.35. The molecule has 0 bridgehead atoms. The minimum Gasteiger partial charge on any atom is -0.497 e. The average molecular weight is 362 g/mol. The lowest BCUT2D eigenvalue weighted by molar-refractivity contribution is -0.384. The summed E-state index contributed by atoms with van der Waals surface area (Å²) in [6, 6.07) is 7.85. The smallest absolute Gasteiger partial charge is 0.341 e. The molecule has 0 heterocycles.